The number of pyridine rings is 1. The van der Waals surface area contributed by atoms with Crippen LogP contribution in [-0.2, 0) is 4.74 Å². The molecule has 3 N–H and O–H groups in total. The van der Waals surface area contributed by atoms with Gasteiger partial charge in [-0.25, -0.2) is 9.78 Å². The van der Waals surface area contributed by atoms with Crippen LogP contribution in [0.1, 0.15) is 23.2 Å². The van der Waals surface area contributed by atoms with E-state index in [9.17, 15) is 4.79 Å². The van der Waals surface area contributed by atoms with Gasteiger partial charge < -0.3 is 20.7 Å². The highest BCUT2D eigenvalue weighted by molar-refractivity contribution is 5.97. The average Bonchev–Trinajstić information content (AvgIpc) is 2.50. The minimum Gasteiger partial charge on any atom is -0.465 e. The zero-order valence-corrected chi connectivity index (χ0v) is 11.6. The Morgan fingerprint density at radius 1 is 1.50 bits per heavy atom. The number of nitrogens with one attached hydrogen (secondary N) is 1. The maximum Gasteiger partial charge on any atom is 0.340 e. The Labute approximate surface area is 118 Å². The Balaban J connectivity index is 1.79. The lowest BCUT2D eigenvalue weighted by Crippen LogP contribution is -2.53. The van der Waals surface area contributed by atoms with Crippen LogP contribution in [0, 0.1) is 5.92 Å². The van der Waals surface area contributed by atoms with Crippen molar-refractivity contribution >= 4 is 17.5 Å². The van der Waals surface area contributed by atoms with Gasteiger partial charge in [0.05, 0.1) is 18.4 Å². The van der Waals surface area contributed by atoms with Crippen molar-refractivity contribution in [3.8, 4) is 0 Å². The number of rotatable bonds is 3. The number of fused-ring (bicyclic) bond motifs is 3. The molecule has 1 aromatic heterocycles. The number of carbonyl (C=O) groups is 1. The molecular weight excluding hydrogens is 256 g/mol. The summed E-state index contributed by atoms with van der Waals surface area (Å²) in [5.41, 5.74) is 6.77. The number of nitrogens with two attached hydrogens (primary N) is 1. The monoisotopic (exact) mass is 276 g/mol. The molecule has 0 saturated carbocycles. The Bertz CT molecular complexity index is 512. The molecule has 0 spiro atoms. The van der Waals surface area contributed by atoms with Crippen LogP contribution >= 0.6 is 0 Å². The number of ether oxygens (including phenoxy) is 1. The number of hydrogen-bond donors (Lipinski definition) is 2. The van der Waals surface area contributed by atoms with E-state index in [1.165, 1.54) is 33.0 Å². The van der Waals surface area contributed by atoms with E-state index >= 15 is 0 Å². The van der Waals surface area contributed by atoms with Crippen LogP contribution in [0.2, 0.25) is 0 Å². The summed E-state index contributed by atoms with van der Waals surface area (Å²) in [5, 5.41) is 3.41. The third-order valence-electron chi connectivity index (χ3n) is 4.37. The lowest BCUT2D eigenvalue weighted by molar-refractivity contribution is 0.0602. The van der Waals surface area contributed by atoms with E-state index in [4.69, 9.17) is 10.5 Å². The molecule has 20 heavy (non-hydrogen) atoms. The predicted octanol–water partition coefficient (Wildman–Crippen LogP) is 0.956. The number of carbonyl (C=O) groups excluding carboxylic acids is 1. The number of nitrogen functional groups attached to an aromatic ring is 1. The quantitative estimate of drug-likeness (QED) is 0.800. The summed E-state index contributed by atoms with van der Waals surface area (Å²) in [6, 6.07) is 1.95. The maximum absolute atomic E-state index is 11.6. The third kappa shape index (κ3) is 2.31. The fourth-order valence-corrected chi connectivity index (χ4v) is 3.18. The highest BCUT2D eigenvalue weighted by Gasteiger charge is 2.34. The topological polar surface area (TPSA) is 80.5 Å². The predicted molar refractivity (Wildman–Crippen MR) is 76.6 cm³/mol. The van der Waals surface area contributed by atoms with Gasteiger partial charge in [0.25, 0.3) is 0 Å². The molecule has 0 aliphatic carbocycles. The van der Waals surface area contributed by atoms with Crippen molar-refractivity contribution < 1.29 is 9.53 Å². The van der Waals surface area contributed by atoms with Gasteiger partial charge >= 0.3 is 5.97 Å². The van der Waals surface area contributed by atoms with Crippen molar-refractivity contribution in [1.29, 1.82) is 0 Å². The Morgan fingerprint density at radius 2 is 2.25 bits per heavy atom. The summed E-state index contributed by atoms with van der Waals surface area (Å²) >= 11 is 0. The lowest BCUT2D eigenvalue weighted by atomic mass is 9.84. The lowest BCUT2D eigenvalue weighted by Gasteiger charge is -2.45. The molecule has 108 valence electrons. The second-order valence-corrected chi connectivity index (χ2v) is 5.50. The summed E-state index contributed by atoms with van der Waals surface area (Å²) < 4.78 is 4.73. The molecule has 6 nitrogen and oxygen atoms in total. The van der Waals surface area contributed by atoms with Gasteiger partial charge in [0, 0.05) is 18.8 Å². The molecule has 3 aliphatic heterocycles. The molecule has 3 aliphatic rings. The van der Waals surface area contributed by atoms with E-state index in [2.05, 4.69) is 15.2 Å². The van der Waals surface area contributed by atoms with Gasteiger partial charge in [0.2, 0.25) is 0 Å². The molecule has 0 amide bonds. The minimum atomic E-state index is -0.429. The molecule has 1 unspecified atom stereocenters. The molecular formula is C14H20N4O2. The van der Waals surface area contributed by atoms with Crippen LogP contribution in [0.4, 0.5) is 11.5 Å². The van der Waals surface area contributed by atoms with Gasteiger partial charge in [-0.1, -0.05) is 0 Å². The highest BCUT2D eigenvalue weighted by atomic mass is 16.5. The standard InChI is InChI=1S/C14H20N4O2/c1-20-14(19)10-2-5-16-13(12(10)15)17-11-8-18-6-3-9(11)4-7-18/h2,5,9,11H,3-4,6-8,15H2,1H3,(H,16,17). The first-order chi connectivity index (χ1) is 9.69. The van der Waals surface area contributed by atoms with Crippen LogP contribution < -0.4 is 11.1 Å². The minimum absolute atomic E-state index is 0.361. The van der Waals surface area contributed by atoms with Crippen LogP contribution in [0.15, 0.2) is 12.3 Å². The van der Waals surface area contributed by atoms with E-state index in [1.807, 2.05) is 0 Å². The zero-order chi connectivity index (χ0) is 14.1. The van der Waals surface area contributed by atoms with Gasteiger partial charge in [0.15, 0.2) is 0 Å². The fourth-order valence-electron chi connectivity index (χ4n) is 3.18. The van der Waals surface area contributed by atoms with Crippen molar-refractivity contribution in [3.05, 3.63) is 17.8 Å². The second-order valence-electron chi connectivity index (χ2n) is 5.50. The Morgan fingerprint density at radius 3 is 2.85 bits per heavy atom. The van der Waals surface area contributed by atoms with Crippen LogP contribution in [-0.4, -0.2) is 48.6 Å². The highest BCUT2D eigenvalue weighted by Crippen LogP contribution is 2.31. The van der Waals surface area contributed by atoms with Crippen LogP contribution in [0.5, 0.6) is 0 Å². The molecule has 4 rings (SSSR count). The molecule has 1 atom stereocenters. The van der Waals surface area contributed by atoms with Crippen LogP contribution in [0.25, 0.3) is 0 Å². The molecule has 3 fully saturated rings. The van der Waals surface area contributed by atoms with Gasteiger partial charge in [-0.3, -0.25) is 0 Å². The number of aromatic nitrogens is 1. The molecule has 0 radical (unpaired) electrons. The number of esters is 1. The molecule has 3 saturated heterocycles. The summed E-state index contributed by atoms with van der Waals surface area (Å²) in [7, 11) is 1.35. The van der Waals surface area contributed by atoms with E-state index < -0.39 is 5.97 Å². The van der Waals surface area contributed by atoms with Crippen molar-refractivity contribution in [1.82, 2.24) is 9.88 Å². The zero-order valence-electron chi connectivity index (χ0n) is 11.6. The molecule has 0 aromatic carbocycles. The van der Waals surface area contributed by atoms with Crippen molar-refractivity contribution in [2.75, 3.05) is 37.8 Å². The average molecular weight is 276 g/mol. The van der Waals surface area contributed by atoms with E-state index in [0.717, 1.165) is 6.54 Å². The maximum atomic E-state index is 11.6. The van der Waals surface area contributed by atoms with Crippen molar-refractivity contribution in [2.45, 2.75) is 18.9 Å². The summed E-state index contributed by atoms with van der Waals surface area (Å²) in [6.07, 6.45) is 4.02. The first-order valence-corrected chi connectivity index (χ1v) is 7.00. The first-order valence-electron chi connectivity index (χ1n) is 7.00. The van der Waals surface area contributed by atoms with E-state index in [1.54, 1.807) is 12.3 Å². The summed E-state index contributed by atoms with van der Waals surface area (Å²) in [4.78, 5) is 18.4. The Hall–Kier alpha value is -1.82. The number of hydrogen-bond acceptors (Lipinski definition) is 6. The van der Waals surface area contributed by atoms with Gasteiger partial charge in [-0.2, -0.15) is 0 Å². The molecule has 2 bridgehead atoms. The van der Waals surface area contributed by atoms with Gasteiger partial charge in [0.1, 0.15) is 5.82 Å². The third-order valence-corrected chi connectivity index (χ3v) is 4.37. The number of nitrogens with zero attached hydrogens (tertiary/aromatic N) is 2. The van der Waals surface area contributed by atoms with Crippen molar-refractivity contribution in [3.63, 3.8) is 0 Å². The molecule has 6 heteroatoms. The molecule has 4 heterocycles. The number of anilines is 2. The van der Waals surface area contributed by atoms with Crippen LogP contribution in [0.3, 0.4) is 0 Å². The number of methoxy groups -OCH3 is 1. The largest absolute Gasteiger partial charge is 0.465 e. The van der Waals surface area contributed by atoms with E-state index in [-0.39, 0.29) is 0 Å². The smallest absolute Gasteiger partial charge is 0.340 e. The number of piperidine rings is 3. The van der Waals surface area contributed by atoms with Gasteiger partial charge in [-0.15, -0.1) is 0 Å². The summed E-state index contributed by atoms with van der Waals surface area (Å²) in [5.74, 6) is 0.830. The normalized spacial score (nSPS) is 28.1. The molecule has 1 aromatic rings. The van der Waals surface area contributed by atoms with Crippen molar-refractivity contribution in [2.24, 2.45) is 5.92 Å². The first kappa shape index (κ1) is 13.2. The Kier molecular flexibility index (Phi) is 3.48. The SMILES string of the molecule is COC(=O)c1ccnc(NC2CN3CCC2CC3)c1N. The summed E-state index contributed by atoms with van der Waals surface area (Å²) in [6.45, 7) is 3.40. The van der Waals surface area contributed by atoms with E-state index in [0.29, 0.717) is 29.0 Å². The second kappa shape index (κ2) is 5.28. The fraction of sp³-hybridized carbons (Fsp3) is 0.571. The van der Waals surface area contributed by atoms with Gasteiger partial charge in [-0.05, 0) is 37.9 Å².